The molecule has 5 rings (SSSR count). The van der Waals surface area contributed by atoms with Crippen LogP contribution in [-0.4, -0.2) is 32.5 Å². The zero-order valence-corrected chi connectivity index (χ0v) is 13.9. The Kier molecular flexibility index (Phi) is 4.30. The molecule has 0 radical (unpaired) electrons. The number of nitrogens with zero attached hydrogens (tertiary/aromatic N) is 4. The second kappa shape index (κ2) is 6.60. The number of hydrogen-bond donors (Lipinski definition) is 0. The van der Waals surface area contributed by atoms with Crippen molar-refractivity contribution in [2.24, 2.45) is 0 Å². The fourth-order valence-corrected chi connectivity index (χ4v) is 4.59. The molecule has 4 heteroatoms. The Morgan fingerprint density at radius 3 is 2.92 bits per heavy atom. The van der Waals surface area contributed by atoms with Crippen LogP contribution in [0.1, 0.15) is 43.1 Å². The molecular formula is C21H26N4. The lowest BCUT2D eigenvalue weighted by Gasteiger charge is -2.30. The summed E-state index contributed by atoms with van der Waals surface area (Å²) < 4.78 is 2.48. The fourth-order valence-electron chi connectivity index (χ4n) is 4.59. The van der Waals surface area contributed by atoms with Crippen LogP contribution in [-0.2, 0) is 19.4 Å². The lowest BCUT2D eigenvalue weighted by Crippen LogP contribution is -2.31. The van der Waals surface area contributed by atoms with Crippen molar-refractivity contribution in [3.05, 3.63) is 59.7 Å². The second-order valence-electron chi connectivity index (χ2n) is 6.94. The van der Waals surface area contributed by atoms with Gasteiger partial charge in [-0.1, -0.05) is 13.5 Å². The standard InChI is InChI=1S/C20H22N4.CH4/c1-4-15(14-21-9-1)7-13-24-18-8-12-23-11-3-6-17(23)19(18)16-5-2-10-22-20(16)24;/h1-2,4-5,9-10,14,17H,3,6-8,11-13H2;1H4. The molecule has 5 heterocycles. The number of hydrogen-bond acceptors (Lipinski definition) is 3. The Hall–Kier alpha value is -2.20. The first-order chi connectivity index (χ1) is 11.9. The average Bonchev–Trinajstić information content (AvgIpc) is 3.23. The lowest BCUT2D eigenvalue weighted by atomic mass is 9.96. The van der Waals surface area contributed by atoms with Gasteiger partial charge < -0.3 is 4.57 Å². The topological polar surface area (TPSA) is 34.0 Å². The van der Waals surface area contributed by atoms with E-state index in [1.165, 1.54) is 48.2 Å². The largest absolute Gasteiger partial charge is 0.329 e. The molecule has 0 bridgehead atoms. The van der Waals surface area contributed by atoms with Crippen molar-refractivity contribution in [2.75, 3.05) is 13.1 Å². The van der Waals surface area contributed by atoms with Crippen molar-refractivity contribution in [3.63, 3.8) is 0 Å². The zero-order valence-electron chi connectivity index (χ0n) is 13.9. The van der Waals surface area contributed by atoms with Crippen molar-refractivity contribution in [3.8, 4) is 0 Å². The minimum Gasteiger partial charge on any atom is -0.329 e. The summed E-state index contributed by atoms with van der Waals surface area (Å²) in [4.78, 5) is 11.7. The van der Waals surface area contributed by atoms with Crippen LogP contribution in [0.5, 0.6) is 0 Å². The van der Waals surface area contributed by atoms with Crippen molar-refractivity contribution in [1.82, 2.24) is 19.4 Å². The number of aromatic nitrogens is 3. The minimum atomic E-state index is 0. The Labute approximate surface area is 149 Å². The van der Waals surface area contributed by atoms with Crippen LogP contribution in [0, 0.1) is 0 Å². The number of rotatable bonds is 3. The molecular weight excluding hydrogens is 308 g/mol. The van der Waals surface area contributed by atoms with Gasteiger partial charge in [0.15, 0.2) is 0 Å². The van der Waals surface area contributed by atoms with Crippen LogP contribution in [0.15, 0.2) is 42.9 Å². The summed E-state index contributed by atoms with van der Waals surface area (Å²) in [6.45, 7) is 3.44. The molecule has 4 nitrogen and oxygen atoms in total. The number of aryl methyl sites for hydroxylation is 2. The Balaban J connectivity index is 0.00000157. The van der Waals surface area contributed by atoms with E-state index in [0.717, 1.165) is 19.4 Å². The van der Waals surface area contributed by atoms with Crippen LogP contribution in [0.3, 0.4) is 0 Å². The third kappa shape index (κ3) is 2.65. The molecule has 2 aliphatic rings. The van der Waals surface area contributed by atoms with Crippen LogP contribution >= 0.6 is 0 Å². The van der Waals surface area contributed by atoms with E-state index in [1.807, 2.05) is 24.7 Å². The maximum atomic E-state index is 4.74. The molecule has 3 aromatic rings. The summed E-state index contributed by atoms with van der Waals surface area (Å²) in [6.07, 6.45) is 10.5. The predicted octanol–water partition coefficient (Wildman–Crippen LogP) is 4.00. The predicted molar refractivity (Wildman–Crippen MR) is 102 cm³/mol. The van der Waals surface area contributed by atoms with Gasteiger partial charge in [0.1, 0.15) is 5.65 Å². The van der Waals surface area contributed by atoms with Gasteiger partial charge in [-0.05, 0) is 55.1 Å². The highest BCUT2D eigenvalue weighted by molar-refractivity contribution is 5.83. The molecule has 2 aliphatic heterocycles. The highest BCUT2D eigenvalue weighted by Crippen LogP contribution is 2.42. The molecule has 1 atom stereocenters. The molecule has 3 aromatic heterocycles. The van der Waals surface area contributed by atoms with E-state index in [9.17, 15) is 0 Å². The first-order valence-corrected chi connectivity index (χ1v) is 9.01. The van der Waals surface area contributed by atoms with Gasteiger partial charge in [0, 0.05) is 55.2 Å². The van der Waals surface area contributed by atoms with Crippen molar-refractivity contribution >= 4 is 11.0 Å². The maximum absolute atomic E-state index is 4.74. The summed E-state index contributed by atoms with van der Waals surface area (Å²) in [5.41, 5.74) is 5.55. The average molecular weight is 334 g/mol. The van der Waals surface area contributed by atoms with E-state index in [1.54, 1.807) is 5.56 Å². The van der Waals surface area contributed by atoms with E-state index in [2.05, 4.69) is 32.7 Å². The van der Waals surface area contributed by atoms with Crippen LogP contribution in [0.2, 0.25) is 0 Å². The first kappa shape index (κ1) is 16.3. The van der Waals surface area contributed by atoms with Gasteiger partial charge in [-0.3, -0.25) is 9.88 Å². The van der Waals surface area contributed by atoms with Gasteiger partial charge in [0.25, 0.3) is 0 Å². The molecule has 0 saturated carbocycles. The van der Waals surface area contributed by atoms with E-state index < -0.39 is 0 Å². The third-order valence-electron chi connectivity index (χ3n) is 5.65. The molecule has 0 spiro atoms. The van der Waals surface area contributed by atoms with Gasteiger partial charge in [-0.15, -0.1) is 0 Å². The summed E-state index contributed by atoms with van der Waals surface area (Å²) in [6, 6.07) is 9.15. The van der Waals surface area contributed by atoms with E-state index in [4.69, 9.17) is 4.98 Å². The summed E-state index contributed by atoms with van der Waals surface area (Å²) in [5, 5.41) is 1.37. The second-order valence-corrected chi connectivity index (χ2v) is 6.94. The normalized spacial score (nSPS) is 19.4. The Bertz CT molecular complexity index is 868. The molecule has 0 amide bonds. The van der Waals surface area contributed by atoms with Gasteiger partial charge in [-0.25, -0.2) is 4.98 Å². The smallest absolute Gasteiger partial charge is 0.140 e. The Morgan fingerprint density at radius 1 is 1.12 bits per heavy atom. The quantitative estimate of drug-likeness (QED) is 0.726. The molecule has 0 aromatic carbocycles. The fraction of sp³-hybridized carbons (Fsp3) is 0.429. The molecule has 1 unspecified atom stereocenters. The highest BCUT2D eigenvalue weighted by Gasteiger charge is 2.35. The van der Waals surface area contributed by atoms with Crippen molar-refractivity contribution in [2.45, 2.75) is 45.7 Å². The van der Waals surface area contributed by atoms with E-state index >= 15 is 0 Å². The highest BCUT2D eigenvalue weighted by atomic mass is 15.2. The molecule has 0 N–H and O–H groups in total. The maximum Gasteiger partial charge on any atom is 0.140 e. The lowest BCUT2D eigenvalue weighted by molar-refractivity contribution is 0.242. The molecule has 1 fully saturated rings. The number of fused-ring (bicyclic) bond motifs is 5. The first-order valence-electron chi connectivity index (χ1n) is 9.01. The molecule has 0 aliphatic carbocycles. The van der Waals surface area contributed by atoms with Gasteiger partial charge in [0.2, 0.25) is 0 Å². The van der Waals surface area contributed by atoms with Crippen molar-refractivity contribution < 1.29 is 0 Å². The molecule has 130 valence electrons. The van der Waals surface area contributed by atoms with E-state index in [0.29, 0.717) is 6.04 Å². The molecule has 1 saturated heterocycles. The monoisotopic (exact) mass is 334 g/mol. The summed E-state index contributed by atoms with van der Waals surface area (Å²) >= 11 is 0. The van der Waals surface area contributed by atoms with Crippen LogP contribution < -0.4 is 0 Å². The summed E-state index contributed by atoms with van der Waals surface area (Å²) in [5.74, 6) is 0. The zero-order chi connectivity index (χ0) is 15.9. The van der Waals surface area contributed by atoms with Gasteiger partial charge in [-0.2, -0.15) is 0 Å². The third-order valence-corrected chi connectivity index (χ3v) is 5.65. The van der Waals surface area contributed by atoms with Crippen LogP contribution in [0.25, 0.3) is 11.0 Å². The van der Waals surface area contributed by atoms with Crippen molar-refractivity contribution in [1.29, 1.82) is 0 Å². The number of pyridine rings is 2. The minimum absolute atomic E-state index is 0. The van der Waals surface area contributed by atoms with Crippen LogP contribution in [0.4, 0.5) is 0 Å². The van der Waals surface area contributed by atoms with Gasteiger partial charge in [0.05, 0.1) is 0 Å². The Morgan fingerprint density at radius 2 is 2.04 bits per heavy atom. The summed E-state index contributed by atoms with van der Waals surface area (Å²) in [7, 11) is 0. The van der Waals surface area contributed by atoms with Gasteiger partial charge >= 0.3 is 0 Å². The van der Waals surface area contributed by atoms with E-state index in [-0.39, 0.29) is 7.43 Å². The SMILES string of the molecule is C.c1cncc(CCn2c3c(c4cccnc42)C2CCCN2CC3)c1. The molecule has 25 heavy (non-hydrogen) atoms.